The van der Waals surface area contributed by atoms with E-state index in [0.717, 1.165) is 6.04 Å². The van der Waals surface area contributed by atoms with Gasteiger partial charge in [0.05, 0.1) is 5.60 Å². The predicted molar refractivity (Wildman–Crippen MR) is 53.9 cm³/mol. The number of rotatable bonds is 3. The number of hydrogen-bond donors (Lipinski definition) is 0. The summed E-state index contributed by atoms with van der Waals surface area (Å²) in [5.41, 5.74) is 0.214. The maximum Gasteiger partial charge on any atom is 0.0700 e. The molecule has 0 bridgehead atoms. The van der Waals surface area contributed by atoms with Crippen LogP contribution in [0.25, 0.3) is 0 Å². The minimum atomic E-state index is 0.214. The van der Waals surface area contributed by atoms with E-state index in [2.05, 4.69) is 11.8 Å². The van der Waals surface area contributed by atoms with Gasteiger partial charge in [0.2, 0.25) is 0 Å². The van der Waals surface area contributed by atoms with Crippen molar-refractivity contribution in [3.05, 3.63) is 0 Å². The molecule has 1 saturated heterocycles. The van der Waals surface area contributed by atoms with Crippen LogP contribution in [0.2, 0.25) is 0 Å². The Hall–Kier alpha value is -0.0800. The summed E-state index contributed by atoms with van der Waals surface area (Å²) < 4.78 is 5.65. The van der Waals surface area contributed by atoms with Gasteiger partial charge in [0.1, 0.15) is 0 Å². The molecule has 76 valence electrons. The number of hydrogen-bond acceptors (Lipinski definition) is 2. The Morgan fingerprint density at radius 3 is 2.31 bits per heavy atom. The highest BCUT2D eigenvalue weighted by molar-refractivity contribution is 4.92. The van der Waals surface area contributed by atoms with Crippen molar-refractivity contribution in [1.82, 2.24) is 4.90 Å². The van der Waals surface area contributed by atoms with Gasteiger partial charge in [-0.15, -0.1) is 0 Å². The molecule has 1 saturated carbocycles. The van der Waals surface area contributed by atoms with Crippen molar-refractivity contribution in [2.24, 2.45) is 0 Å². The molecule has 2 rings (SSSR count). The van der Waals surface area contributed by atoms with E-state index >= 15 is 0 Å². The Bertz CT molecular complexity index is 163. The highest BCUT2D eigenvalue weighted by Gasteiger charge is 2.37. The molecule has 2 nitrogen and oxygen atoms in total. The van der Waals surface area contributed by atoms with Crippen molar-refractivity contribution in [1.29, 1.82) is 0 Å². The number of nitrogens with zero attached hydrogens (tertiary/aromatic N) is 1. The van der Waals surface area contributed by atoms with Crippen molar-refractivity contribution in [2.45, 2.75) is 50.7 Å². The second kappa shape index (κ2) is 3.58. The molecule has 0 radical (unpaired) electrons. The van der Waals surface area contributed by atoms with Crippen LogP contribution in [-0.2, 0) is 4.74 Å². The minimum absolute atomic E-state index is 0.214. The summed E-state index contributed by atoms with van der Waals surface area (Å²) in [6.45, 7) is 4.76. The number of ether oxygens (including phenoxy) is 1. The Morgan fingerprint density at radius 2 is 1.92 bits per heavy atom. The topological polar surface area (TPSA) is 12.5 Å². The van der Waals surface area contributed by atoms with Crippen LogP contribution in [0.1, 0.15) is 39.0 Å². The van der Waals surface area contributed by atoms with Gasteiger partial charge in [0.15, 0.2) is 0 Å². The van der Waals surface area contributed by atoms with Gasteiger partial charge in [-0.05, 0) is 32.1 Å². The summed E-state index contributed by atoms with van der Waals surface area (Å²) >= 11 is 0. The zero-order chi connectivity index (χ0) is 9.31. The maximum absolute atomic E-state index is 5.65. The molecule has 1 aliphatic heterocycles. The van der Waals surface area contributed by atoms with Crippen LogP contribution in [0.3, 0.4) is 0 Å². The first-order valence-electron chi connectivity index (χ1n) is 5.59. The van der Waals surface area contributed by atoms with Crippen molar-refractivity contribution in [3.63, 3.8) is 0 Å². The molecular formula is C11H21NO. The van der Waals surface area contributed by atoms with Crippen molar-refractivity contribution in [3.8, 4) is 0 Å². The van der Waals surface area contributed by atoms with Crippen LogP contribution in [0.4, 0.5) is 0 Å². The van der Waals surface area contributed by atoms with Crippen LogP contribution < -0.4 is 0 Å². The summed E-state index contributed by atoms with van der Waals surface area (Å²) in [7, 11) is 1.87. The average Bonchev–Trinajstić information content (AvgIpc) is 3.02. The highest BCUT2D eigenvalue weighted by atomic mass is 16.5. The summed E-state index contributed by atoms with van der Waals surface area (Å²) in [4.78, 5) is 2.65. The summed E-state index contributed by atoms with van der Waals surface area (Å²) in [5.74, 6) is 0. The molecule has 2 heteroatoms. The summed E-state index contributed by atoms with van der Waals surface area (Å²) in [6, 6.07) is 0.937. The molecule has 1 aliphatic carbocycles. The third-order valence-corrected chi connectivity index (χ3v) is 3.85. The van der Waals surface area contributed by atoms with E-state index < -0.39 is 0 Å². The monoisotopic (exact) mass is 183 g/mol. The third kappa shape index (κ3) is 1.89. The molecule has 1 heterocycles. The molecule has 0 N–H and O–H groups in total. The van der Waals surface area contributed by atoms with Crippen molar-refractivity contribution < 1.29 is 4.74 Å². The molecule has 13 heavy (non-hydrogen) atoms. The molecule has 0 aromatic rings. The zero-order valence-electron chi connectivity index (χ0n) is 8.88. The lowest BCUT2D eigenvalue weighted by molar-refractivity contribution is -0.0606. The van der Waals surface area contributed by atoms with E-state index in [1.54, 1.807) is 0 Å². The van der Waals surface area contributed by atoms with E-state index in [1.165, 1.54) is 45.2 Å². The predicted octanol–water partition coefficient (Wildman–Crippen LogP) is 2.04. The molecule has 0 amide bonds. The quantitative estimate of drug-likeness (QED) is 0.664. The van der Waals surface area contributed by atoms with Gasteiger partial charge in [-0.2, -0.15) is 0 Å². The van der Waals surface area contributed by atoms with Gasteiger partial charge in [0, 0.05) is 26.2 Å². The largest absolute Gasteiger partial charge is 0.378 e. The Labute approximate surface area is 81.3 Å². The molecule has 0 aromatic heterocycles. The number of methoxy groups -OCH3 is 1. The van der Waals surface area contributed by atoms with Crippen molar-refractivity contribution >= 4 is 0 Å². The first-order valence-corrected chi connectivity index (χ1v) is 5.59. The molecule has 2 aliphatic rings. The number of likely N-dealkylation sites (tertiary alicyclic amines) is 1. The normalized spacial score (nSPS) is 29.1. The molecule has 0 unspecified atom stereocenters. The highest BCUT2D eigenvalue weighted by Crippen LogP contribution is 2.34. The van der Waals surface area contributed by atoms with E-state index in [-0.39, 0.29) is 5.60 Å². The maximum atomic E-state index is 5.65. The molecule has 0 aromatic carbocycles. The Kier molecular flexibility index (Phi) is 2.61. The average molecular weight is 183 g/mol. The number of piperidine rings is 1. The first-order chi connectivity index (χ1) is 6.29. The zero-order valence-corrected chi connectivity index (χ0v) is 8.88. The first kappa shape index (κ1) is 9.47. The molecule has 0 spiro atoms. The molecule has 2 fully saturated rings. The van der Waals surface area contributed by atoms with E-state index in [4.69, 9.17) is 4.74 Å². The van der Waals surface area contributed by atoms with E-state index in [1.807, 2.05) is 7.11 Å². The lowest BCUT2D eigenvalue weighted by atomic mass is 9.88. The lowest BCUT2D eigenvalue weighted by Crippen LogP contribution is -2.45. The lowest BCUT2D eigenvalue weighted by Gasteiger charge is -2.40. The van der Waals surface area contributed by atoms with Crippen LogP contribution in [0, 0.1) is 0 Å². The van der Waals surface area contributed by atoms with E-state index in [9.17, 15) is 0 Å². The third-order valence-electron chi connectivity index (χ3n) is 3.85. The van der Waals surface area contributed by atoms with Gasteiger partial charge in [-0.3, -0.25) is 0 Å². The standard InChI is InChI=1S/C11H21NO/c1-3-11(13-2)6-8-12(9-7-11)10-4-5-10/h10H,3-9H2,1-2H3. The Balaban J connectivity index is 1.86. The second-order valence-electron chi connectivity index (χ2n) is 4.51. The minimum Gasteiger partial charge on any atom is -0.378 e. The van der Waals surface area contributed by atoms with Crippen LogP contribution in [0.5, 0.6) is 0 Å². The second-order valence-corrected chi connectivity index (χ2v) is 4.51. The van der Waals surface area contributed by atoms with Gasteiger partial charge in [-0.1, -0.05) is 6.92 Å². The van der Waals surface area contributed by atoms with Crippen molar-refractivity contribution in [2.75, 3.05) is 20.2 Å². The van der Waals surface area contributed by atoms with Gasteiger partial charge >= 0.3 is 0 Å². The summed E-state index contributed by atoms with van der Waals surface area (Å²) in [6.07, 6.45) is 6.51. The van der Waals surface area contributed by atoms with Gasteiger partial charge in [0.25, 0.3) is 0 Å². The fourth-order valence-electron chi connectivity index (χ4n) is 2.44. The van der Waals surface area contributed by atoms with Gasteiger partial charge in [-0.25, -0.2) is 0 Å². The summed E-state index contributed by atoms with van der Waals surface area (Å²) in [5, 5.41) is 0. The van der Waals surface area contributed by atoms with Crippen LogP contribution >= 0.6 is 0 Å². The molecular weight excluding hydrogens is 162 g/mol. The fourth-order valence-corrected chi connectivity index (χ4v) is 2.44. The van der Waals surface area contributed by atoms with E-state index in [0.29, 0.717) is 0 Å². The molecule has 0 atom stereocenters. The van der Waals surface area contributed by atoms with Crippen LogP contribution in [-0.4, -0.2) is 36.7 Å². The SMILES string of the molecule is CCC1(OC)CCN(C2CC2)CC1. The van der Waals surface area contributed by atoms with Crippen LogP contribution in [0.15, 0.2) is 0 Å². The fraction of sp³-hybridized carbons (Fsp3) is 1.00. The van der Waals surface area contributed by atoms with Gasteiger partial charge < -0.3 is 9.64 Å². The Morgan fingerprint density at radius 1 is 1.31 bits per heavy atom. The smallest absolute Gasteiger partial charge is 0.0700 e.